The summed E-state index contributed by atoms with van der Waals surface area (Å²) >= 11 is 3.43. The molecule has 1 atom stereocenters. The largest absolute Gasteiger partial charge is 0.462 e. The molecule has 2 heterocycles. The summed E-state index contributed by atoms with van der Waals surface area (Å²) in [6, 6.07) is 14.7. The van der Waals surface area contributed by atoms with Crippen LogP contribution in [0, 0.1) is 0 Å². The fourth-order valence-electron chi connectivity index (χ4n) is 4.49. The van der Waals surface area contributed by atoms with Gasteiger partial charge in [0.25, 0.3) is 5.91 Å². The van der Waals surface area contributed by atoms with Crippen LogP contribution in [0.2, 0.25) is 0 Å². The van der Waals surface area contributed by atoms with Crippen LogP contribution in [0.15, 0.2) is 53.0 Å². The van der Waals surface area contributed by atoms with E-state index in [-0.39, 0.29) is 24.1 Å². The van der Waals surface area contributed by atoms with Crippen LogP contribution in [0.1, 0.15) is 79.6 Å². The van der Waals surface area contributed by atoms with Crippen molar-refractivity contribution in [2.45, 2.75) is 58.9 Å². The van der Waals surface area contributed by atoms with Gasteiger partial charge < -0.3 is 14.6 Å². The Kier molecular flexibility index (Phi) is 8.36. The molecule has 36 heavy (non-hydrogen) atoms. The first-order chi connectivity index (χ1) is 17.5. The number of carbonyl (C=O) groups is 2. The Balaban J connectivity index is 1.97. The van der Waals surface area contributed by atoms with Crippen molar-refractivity contribution < 1.29 is 14.3 Å². The van der Waals surface area contributed by atoms with E-state index in [1.54, 1.807) is 25.1 Å². The van der Waals surface area contributed by atoms with Crippen molar-refractivity contribution in [2.24, 2.45) is 0 Å². The zero-order valence-corrected chi connectivity index (χ0v) is 22.5. The first-order valence-corrected chi connectivity index (χ1v) is 13.3. The van der Waals surface area contributed by atoms with Crippen LogP contribution < -0.4 is 5.32 Å². The lowest BCUT2D eigenvalue weighted by molar-refractivity contribution is 0.0529. The number of halogens is 1. The van der Waals surface area contributed by atoms with Gasteiger partial charge in [-0.1, -0.05) is 67.2 Å². The van der Waals surface area contributed by atoms with Crippen LogP contribution in [0.5, 0.6) is 0 Å². The first-order valence-electron chi connectivity index (χ1n) is 12.5. The molecule has 7 nitrogen and oxygen atoms in total. The fourth-order valence-corrected chi connectivity index (χ4v) is 4.89. The van der Waals surface area contributed by atoms with E-state index >= 15 is 0 Å². The van der Waals surface area contributed by atoms with Crippen molar-refractivity contribution >= 4 is 55.8 Å². The molecule has 4 aromatic rings. The third-order valence-corrected chi connectivity index (χ3v) is 6.76. The van der Waals surface area contributed by atoms with Gasteiger partial charge in [-0.05, 0) is 50.1 Å². The number of amides is 1. The average molecular weight is 551 g/mol. The SMILES string of the molecule is CCCCC[C@@H](CC)n1c(NC(=O)c2cccc(Br)c2)c(C(=O)OCC)c2nc3ccccc3nc21. The van der Waals surface area contributed by atoms with Gasteiger partial charge in [-0.2, -0.15) is 0 Å². The molecule has 2 aromatic carbocycles. The van der Waals surface area contributed by atoms with Crippen LogP contribution in [0.25, 0.3) is 22.2 Å². The number of fused-ring (bicyclic) bond motifs is 2. The molecule has 0 bridgehead atoms. The number of nitrogens with zero attached hydrogens (tertiary/aromatic N) is 3. The second-order valence-corrected chi connectivity index (χ2v) is 9.64. The Bertz CT molecular complexity index is 1400. The number of hydrogen-bond donors (Lipinski definition) is 1. The van der Waals surface area contributed by atoms with Crippen LogP contribution in [-0.2, 0) is 4.74 Å². The molecule has 0 fully saturated rings. The number of anilines is 1. The van der Waals surface area contributed by atoms with Crippen LogP contribution in [0.4, 0.5) is 5.82 Å². The lowest BCUT2D eigenvalue weighted by Crippen LogP contribution is -2.20. The van der Waals surface area contributed by atoms with Gasteiger partial charge in [0.1, 0.15) is 16.9 Å². The number of benzene rings is 2. The number of para-hydroxylation sites is 2. The van der Waals surface area contributed by atoms with Gasteiger partial charge in [0, 0.05) is 16.1 Å². The van der Waals surface area contributed by atoms with Crippen molar-refractivity contribution in [1.29, 1.82) is 0 Å². The molecule has 0 aliphatic rings. The zero-order chi connectivity index (χ0) is 25.7. The Morgan fingerprint density at radius 3 is 2.44 bits per heavy atom. The highest BCUT2D eigenvalue weighted by Gasteiger charge is 2.30. The Morgan fingerprint density at radius 2 is 1.78 bits per heavy atom. The fraction of sp³-hybridized carbons (Fsp3) is 0.357. The number of nitrogens with one attached hydrogen (secondary N) is 1. The van der Waals surface area contributed by atoms with E-state index in [0.717, 1.165) is 42.1 Å². The summed E-state index contributed by atoms with van der Waals surface area (Å²) in [5.74, 6) is -0.468. The molecule has 188 valence electrons. The molecule has 0 spiro atoms. The van der Waals surface area contributed by atoms with E-state index in [0.29, 0.717) is 28.1 Å². The van der Waals surface area contributed by atoms with Crippen LogP contribution in [-0.4, -0.2) is 33.0 Å². The highest BCUT2D eigenvalue weighted by molar-refractivity contribution is 9.10. The summed E-state index contributed by atoms with van der Waals surface area (Å²) in [6.45, 7) is 6.25. The molecular formula is C28H31BrN4O3. The van der Waals surface area contributed by atoms with Gasteiger partial charge >= 0.3 is 5.97 Å². The summed E-state index contributed by atoms with van der Waals surface area (Å²) in [7, 11) is 0. The molecule has 0 saturated carbocycles. The van der Waals surface area contributed by atoms with E-state index in [9.17, 15) is 9.59 Å². The number of unbranched alkanes of at least 4 members (excludes halogenated alkanes) is 2. The Morgan fingerprint density at radius 1 is 1.03 bits per heavy atom. The topological polar surface area (TPSA) is 86.1 Å². The maximum atomic E-state index is 13.4. The molecule has 0 unspecified atom stereocenters. The number of esters is 1. The molecule has 0 saturated heterocycles. The summed E-state index contributed by atoms with van der Waals surface area (Å²) in [5, 5.41) is 3.03. The second kappa shape index (κ2) is 11.6. The average Bonchev–Trinajstić information content (AvgIpc) is 3.17. The number of aromatic nitrogens is 3. The van der Waals surface area contributed by atoms with E-state index in [1.165, 1.54) is 0 Å². The zero-order valence-electron chi connectivity index (χ0n) is 20.9. The Labute approximate surface area is 219 Å². The third kappa shape index (κ3) is 5.28. The van der Waals surface area contributed by atoms with Crippen molar-refractivity contribution in [1.82, 2.24) is 14.5 Å². The van der Waals surface area contributed by atoms with Gasteiger partial charge in [0.05, 0.1) is 17.6 Å². The van der Waals surface area contributed by atoms with Gasteiger partial charge in [-0.15, -0.1) is 0 Å². The van der Waals surface area contributed by atoms with Crippen LogP contribution in [0.3, 0.4) is 0 Å². The maximum absolute atomic E-state index is 13.4. The van der Waals surface area contributed by atoms with E-state index in [4.69, 9.17) is 14.7 Å². The number of rotatable bonds is 10. The maximum Gasteiger partial charge on any atom is 0.344 e. The summed E-state index contributed by atoms with van der Waals surface area (Å²) < 4.78 is 8.23. The predicted molar refractivity (Wildman–Crippen MR) is 147 cm³/mol. The molecule has 0 radical (unpaired) electrons. The minimum absolute atomic E-state index is 0.0236. The first kappa shape index (κ1) is 25.8. The normalized spacial score (nSPS) is 12.1. The van der Waals surface area contributed by atoms with Crippen molar-refractivity contribution in [3.8, 4) is 0 Å². The quantitative estimate of drug-likeness (QED) is 0.165. The van der Waals surface area contributed by atoms with Gasteiger partial charge in [0.2, 0.25) is 0 Å². The summed E-state index contributed by atoms with van der Waals surface area (Å²) in [4.78, 5) is 36.5. The molecule has 2 aromatic heterocycles. The smallest absolute Gasteiger partial charge is 0.344 e. The summed E-state index contributed by atoms with van der Waals surface area (Å²) in [6.07, 6.45) is 4.95. The molecule has 0 aliphatic heterocycles. The lowest BCUT2D eigenvalue weighted by Gasteiger charge is -2.22. The standard InChI is InChI=1S/C28H31BrN4O3/c1-4-7-8-14-20(5-2)33-25(32-27(34)18-12-11-13-19(29)17-18)23(28(35)36-6-3)24-26(33)31-22-16-10-9-15-21(22)30-24/h9-13,15-17,20H,4-8,14H2,1-3H3,(H,32,34)/t20-/m1/s1. The number of hydrogen-bond acceptors (Lipinski definition) is 5. The van der Waals surface area contributed by atoms with Gasteiger partial charge in [0.15, 0.2) is 5.65 Å². The van der Waals surface area contributed by atoms with Gasteiger partial charge in [-0.3, -0.25) is 4.79 Å². The second-order valence-electron chi connectivity index (χ2n) is 8.72. The highest BCUT2D eigenvalue weighted by atomic mass is 79.9. The molecule has 1 N–H and O–H groups in total. The van der Waals surface area contributed by atoms with E-state index in [1.807, 2.05) is 34.9 Å². The number of carbonyl (C=O) groups excluding carboxylic acids is 2. The van der Waals surface area contributed by atoms with Crippen molar-refractivity contribution in [3.05, 3.63) is 64.1 Å². The Hall–Kier alpha value is -3.26. The third-order valence-electron chi connectivity index (χ3n) is 6.27. The molecule has 8 heteroatoms. The molecule has 0 aliphatic carbocycles. The summed E-state index contributed by atoms with van der Waals surface area (Å²) in [5.41, 5.74) is 3.13. The predicted octanol–water partition coefficient (Wildman–Crippen LogP) is 7.31. The molecule has 4 rings (SSSR count). The number of ether oxygens (including phenoxy) is 1. The monoisotopic (exact) mass is 550 g/mol. The minimum Gasteiger partial charge on any atom is -0.462 e. The van der Waals surface area contributed by atoms with Crippen LogP contribution >= 0.6 is 15.9 Å². The highest BCUT2D eigenvalue weighted by Crippen LogP contribution is 2.36. The van der Waals surface area contributed by atoms with E-state index < -0.39 is 5.97 Å². The minimum atomic E-state index is -0.529. The van der Waals surface area contributed by atoms with E-state index in [2.05, 4.69) is 35.1 Å². The van der Waals surface area contributed by atoms with Crippen molar-refractivity contribution in [2.75, 3.05) is 11.9 Å². The van der Waals surface area contributed by atoms with Crippen molar-refractivity contribution in [3.63, 3.8) is 0 Å². The molecular weight excluding hydrogens is 520 g/mol. The lowest BCUT2D eigenvalue weighted by atomic mass is 10.1. The molecule has 1 amide bonds. The van der Waals surface area contributed by atoms with Gasteiger partial charge in [-0.25, -0.2) is 14.8 Å².